The molecule has 1 aromatic carbocycles. The van der Waals surface area contributed by atoms with Crippen molar-refractivity contribution in [1.82, 2.24) is 5.32 Å². The van der Waals surface area contributed by atoms with Crippen molar-refractivity contribution in [3.8, 4) is 5.75 Å². The molecule has 3 rings (SSSR count). The fraction of sp³-hybridized carbons (Fsp3) is 0.650. The van der Waals surface area contributed by atoms with Gasteiger partial charge in [-0.1, -0.05) is 31.4 Å². The molecule has 1 amide bonds. The normalized spacial score (nSPS) is 21.3. The number of hydrogen-bond donors (Lipinski definition) is 1. The molecule has 2 fully saturated rings. The first-order chi connectivity index (χ1) is 12.3. The van der Waals surface area contributed by atoms with E-state index in [1.165, 1.54) is 19.3 Å². The van der Waals surface area contributed by atoms with E-state index in [1.54, 1.807) is 7.11 Å². The fourth-order valence-corrected chi connectivity index (χ4v) is 3.84. The van der Waals surface area contributed by atoms with Crippen LogP contribution in [0.1, 0.15) is 38.5 Å². The van der Waals surface area contributed by atoms with Crippen LogP contribution in [0.3, 0.4) is 0 Å². The quantitative estimate of drug-likeness (QED) is 0.825. The predicted molar refractivity (Wildman–Crippen MR) is 99.1 cm³/mol. The van der Waals surface area contributed by atoms with Gasteiger partial charge in [-0.15, -0.1) is 0 Å². The minimum atomic E-state index is 0.0151. The highest BCUT2D eigenvalue weighted by molar-refractivity contribution is 5.77. The van der Waals surface area contributed by atoms with Gasteiger partial charge in [-0.3, -0.25) is 4.79 Å². The highest BCUT2D eigenvalue weighted by atomic mass is 16.5. The van der Waals surface area contributed by atoms with Gasteiger partial charge in [-0.2, -0.15) is 0 Å². The van der Waals surface area contributed by atoms with E-state index in [4.69, 9.17) is 9.47 Å². The third-order valence-electron chi connectivity index (χ3n) is 5.30. The minimum Gasteiger partial charge on any atom is -0.495 e. The van der Waals surface area contributed by atoms with E-state index in [0.717, 1.165) is 50.3 Å². The highest BCUT2D eigenvalue weighted by Gasteiger charge is 2.25. The van der Waals surface area contributed by atoms with E-state index in [0.29, 0.717) is 5.92 Å². The Morgan fingerprint density at radius 1 is 1.20 bits per heavy atom. The molecule has 0 unspecified atom stereocenters. The number of nitrogens with one attached hydrogen (secondary N) is 1. The molecule has 0 radical (unpaired) electrons. The lowest BCUT2D eigenvalue weighted by molar-refractivity contribution is -0.128. The summed E-state index contributed by atoms with van der Waals surface area (Å²) in [4.78, 5) is 14.4. The number of carbonyl (C=O) groups is 1. The van der Waals surface area contributed by atoms with Crippen LogP contribution in [0.25, 0.3) is 0 Å². The van der Waals surface area contributed by atoms with Gasteiger partial charge in [0.1, 0.15) is 12.4 Å². The molecule has 1 atom stereocenters. The van der Waals surface area contributed by atoms with Gasteiger partial charge in [0.25, 0.3) is 0 Å². The summed E-state index contributed by atoms with van der Waals surface area (Å²) in [6.07, 6.45) is 7.33. The summed E-state index contributed by atoms with van der Waals surface area (Å²) < 4.78 is 11.2. The zero-order valence-electron chi connectivity index (χ0n) is 15.2. The topological polar surface area (TPSA) is 50.8 Å². The number of rotatable bonds is 7. The van der Waals surface area contributed by atoms with Crippen LogP contribution in [0.4, 0.5) is 5.69 Å². The van der Waals surface area contributed by atoms with E-state index < -0.39 is 0 Å². The standard InChI is InChI=1S/C20H30N2O3/c1-24-19-10-6-5-9-18(19)22-12-11-16(14-22)13-21-20(23)15-25-17-7-3-2-4-8-17/h5-6,9-10,16-17H,2-4,7-8,11-15H2,1H3,(H,21,23)/t16-/m1/s1. The Morgan fingerprint density at radius 3 is 2.80 bits per heavy atom. The van der Waals surface area contributed by atoms with Crippen molar-refractivity contribution >= 4 is 11.6 Å². The van der Waals surface area contributed by atoms with Crippen LogP contribution in [0.2, 0.25) is 0 Å². The molecule has 1 saturated heterocycles. The molecule has 138 valence electrons. The molecule has 1 aromatic rings. The van der Waals surface area contributed by atoms with Crippen LogP contribution >= 0.6 is 0 Å². The molecule has 1 N–H and O–H groups in total. The van der Waals surface area contributed by atoms with Crippen LogP contribution in [-0.2, 0) is 9.53 Å². The lowest BCUT2D eigenvalue weighted by Gasteiger charge is -2.22. The van der Waals surface area contributed by atoms with E-state index in [2.05, 4.69) is 16.3 Å². The van der Waals surface area contributed by atoms with Gasteiger partial charge >= 0.3 is 0 Å². The van der Waals surface area contributed by atoms with Crippen LogP contribution < -0.4 is 15.0 Å². The highest BCUT2D eigenvalue weighted by Crippen LogP contribution is 2.31. The smallest absolute Gasteiger partial charge is 0.246 e. The largest absolute Gasteiger partial charge is 0.495 e. The van der Waals surface area contributed by atoms with Gasteiger partial charge in [-0.25, -0.2) is 0 Å². The molecule has 0 spiro atoms. The molecule has 1 aliphatic heterocycles. The SMILES string of the molecule is COc1ccccc1N1CC[C@H](CNC(=O)COC2CCCCC2)C1. The van der Waals surface area contributed by atoms with Gasteiger partial charge in [0.2, 0.25) is 5.91 Å². The lowest BCUT2D eigenvalue weighted by Crippen LogP contribution is -2.34. The molecule has 25 heavy (non-hydrogen) atoms. The van der Waals surface area contributed by atoms with Gasteiger partial charge in [0.15, 0.2) is 0 Å². The maximum absolute atomic E-state index is 12.0. The van der Waals surface area contributed by atoms with Gasteiger partial charge < -0.3 is 19.7 Å². The number of methoxy groups -OCH3 is 1. The summed E-state index contributed by atoms with van der Waals surface area (Å²) in [5.41, 5.74) is 1.14. The molecule has 1 saturated carbocycles. The van der Waals surface area contributed by atoms with E-state index in [1.807, 2.05) is 18.2 Å². The van der Waals surface area contributed by atoms with Crippen molar-refractivity contribution < 1.29 is 14.3 Å². The molecule has 2 aliphatic rings. The molecule has 5 nitrogen and oxygen atoms in total. The average molecular weight is 346 g/mol. The third-order valence-corrected chi connectivity index (χ3v) is 5.30. The number of anilines is 1. The number of para-hydroxylation sites is 2. The fourth-order valence-electron chi connectivity index (χ4n) is 3.84. The Hall–Kier alpha value is -1.75. The maximum Gasteiger partial charge on any atom is 0.246 e. The Bertz CT molecular complexity index is 558. The summed E-state index contributed by atoms with van der Waals surface area (Å²) in [6.45, 7) is 2.87. The Balaban J connectivity index is 1.38. The number of carbonyl (C=O) groups excluding carboxylic acids is 1. The summed E-state index contributed by atoms with van der Waals surface area (Å²) in [5.74, 6) is 1.40. The second kappa shape index (κ2) is 9.09. The second-order valence-corrected chi connectivity index (χ2v) is 7.15. The van der Waals surface area contributed by atoms with Crippen molar-refractivity contribution in [1.29, 1.82) is 0 Å². The van der Waals surface area contributed by atoms with Crippen LogP contribution in [-0.4, -0.2) is 45.4 Å². The lowest BCUT2D eigenvalue weighted by atomic mass is 9.98. The second-order valence-electron chi connectivity index (χ2n) is 7.15. The first-order valence-electron chi connectivity index (χ1n) is 9.52. The summed E-state index contributed by atoms with van der Waals surface area (Å²) in [5, 5.41) is 3.04. The van der Waals surface area contributed by atoms with Crippen molar-refractivity contribution in [2.75, 3.05) is 38.3 Å². The Morgan fingerprint density at radius 2 is 2.00 bits per heavy atom. The number of hydrogen-bond acceptors (Lipinski definition) is 4. The number of amides is 1. The average Bonchev–Trinajstić information content (AvgIpc) is 3.14. The predicted octanol–water partition coefficient (Wildman–Crippen LogP) is 2.99. The van der Waals surface area contributed by atoms with Gasteiger partial charge in [0, 0.05) is 19.6 Å². The summed E-state index contributed by atoms with van der Waals surface area (Å²) >= 11 is 0. The minimum absolute atomic E-state index is 0.0151. The van der Waals surface area contributed by atoms with E-state index >= 15 is 0 Å². The van der Waals surface area contributed by atoms with E-state index in [-0.39, 0.29) is 18.6 Å². The first kappa shape index (κ1) is 18.1. The van der Waals surface area contributed by atoms with Gasteiger partial charge in [0.05, 0.1) is 18.9 Å². The molecule has 0 aromatic heterocycles. The molecule has 0 bridgehead atoms. The molecule has 5 heteroatoms. The van der Waals surface area contributed by atoms with Crippen LogP contribution in [0.15, 0.2) is 24.3 Å². The zero-order chi connectivity index (χ0) is 17.5. The van der Waals surface area contributed by atoms with E-state index in [9.17, 15) is 4.79 Å². The number of benzene rings is 1. The van der Waals surface area contributed by atoms with Crippen molar-refractivity contribution in [3.63, 3.8) is 0 Å². The number of nitrogens with zero attached hydrogens (tertiary/aromatic N) is 1. The van der Waals surface area contributed by atoms with Crippen molar-refractivity contribution in [3.05, 3.63) is 24.3 Å². The molecule has 1 aliphatic carbocycles. The van der Waals surface area contributed by atoms with Crippen LogP contribution in [0.5, 0.6) is 5.75 Å². The summed E-state index contributed by atoms with van der Waals surface area (Å²) in [7, 11) is 1.71. The van der Waals surface area contributed by atoms with Crippen molar-refractivity contribution in [2.24, 2.45) is 5.92 Å². The van der Waals surface area contributed by atoms with Crippen molar-refractivity contribution in [2.45, 2.75) is 44.6 Å². The molecule has 1 heterocycles. The zero-order valence-corrected chi connectivity index (χ0v) is 15.2. The Labute approximate surface area is 150 Å². The monoisotopic (exact) mass is 346 g/mol. The summed E-state index contributed by atoms with van der Waals surface area (Å²) in [6, 6.07) is 8.11. The molecular weight excluding hydrogens is 316 g/mol. The maximum atomic E-state index is 12.0. The Kier molecular flexibility index (Phi) is 6.56. The molecular formula is C20H30N2O3. The first-order valence-corrected chi connectivity index (χ1v) is 9.52. The number of ether oxygens (including phenoxy) is 2. The third kappa shape index (κ3) is 5.11. The van der Waals surface area contributed by atoms with Crippen LogP contribution in [0, 0.1) is 5.92 Å². The van der Waals surface area contributed by atoms with Gasteiger partial charge in [-0.05, 0) is 37.3 Å².